The largest absolute Gasteiger partial charge is 0.494 e. The number of carbonyl (C=O) groups is 1. The van der Waals surface area contributed by atoms with Gasteiger partial charge in [-0.3, -0.25) is 10.1 Å². The summed E-state index contributed by atoms with van der Waals surface area (Å²) in [5, 5.41) is 11.5. The number of carbonyl (C=O) groups excluding carboxylic acids is 1. The third-order valence-corrected chi connectivity index (χ3v) is 6.42. The van der Waals surface area contributed by atoms with Crippen molar-refractivity contribution in [2.75, 3.05) is 17.7 Å². The summed E-state index contributed by atoms with van der Waals surface area (Å²) in [7, 11) is 0. The minimum atomic E-state index is -0.0929. The van der Waals surface area contributed by atoms with Crippen molar-refractivity contribution in [1.82, 2.24) is 10.2 Å². The average molecular weight is 418 g/mol. The van der Waals surface area contributed by atoms with E-state index in [4.69, 9.17) is 4.74 Å². The van der Waals surface area contributed by atoms with Crippen molar-refractivity contribution in [3.63, 3.8) is 0 Å². The fraction of sp³-hybridized carbons (Fsp3) is 0.211. The molecule has 0 fully saturated rings. The number of thioether (sulfide) groups is 2. The van der Waals surface area contributed by atoms with Crippen molar-refractivity contribution >= 4 is 45.9 Å². The molecule has 0 spiro atoms. The molecule has 0 aliphatic rings. The van der Waals surface area contributed by atoms with E-state index in [2.05, 4.69) is 27.6 Å². The van der Waals surface area contributed by atoms with E-state index in [9.17, 15) is 4.79 Å². The van der Waals surface area contributed by atoms with E-state index < -0.39 is 0 Å². The summed E-state index contributed by atoms with van der Waals surface area (Å²) in [6, 6.07) is 17.9. The lowest BCUT2D eigenvalue weighted by Gasteiger charge is -2.04. The van der Waals surface area contributed by atoms with Gasteiger partial charge in [-0.05, 0) is 36.8 Å². The fourth-order valence-electron chi connectivity index (χ4n) is 2.14. The summed E-state index contributed by atoms with van der Waals surface area (Å²) in [4.78, 5) is 13.1. The Morgan fingerprint density at radius 3 is 2.59 bits per heavy atom. The van der Waals surface area contributed by atoms with Crippen LogP contribution >= 0.6 is 34.9 Å². The van der Waals surface area contributed by atoms with Gasteiger partial charge in [0.1, 0.15) is 5.75 Å². The van der Waals surface area contributed by atoms with E-state index in [1.54, 1.807) is 11.8 Å². The average Bonchev–Trinajstić information content (AvgIpc) is 3.14. The van der Waals surface area contributed by atoms with Crippen LogP contribution < -0.4 is 10.1 Å². The number of nitrogens with zero attached hydrogens (tertiary/aromatic N) is 2. The maximum absolute atomic E-state index is 12.1. The maximum Gasteiger partial charge on any atom is 0.236 e. The number of aromatic nitrogens is 2. The van der Waals surface area contributed by atoms with Crippen molar-refractivity contribution in [3.05, 3.63) is 60.2 Å². The number of ether oxygens (including phenoxy) is 1. The Kier molecular flexibility index (Phi) is 7.55. The van der Waals surface area contributed by atoms with Gasteiger partial charge < -0.3 is 4.74 Å². The molecule has 27 heavy (non-hydrogen) atoms. The number of hydrogen-bond donors (Lipinski definition) is 1. The molecule has 0 saturated heterocycles. The summed E-state index contributed by atoms with van der Waals surface area (Å²) in [6.07, 6.45) is 0. The van der Waals surface area contributed by atoms with Crippen LogP contribution in [0.5, 0.6) is 5.75 Å². The van der Waals surface area contributed by atoms with Gasteiger partial charge in [0.15, 0.2) is 4.34 Å². The number of anilines is 1. The second kappa shape index (κ2) is 10.3. The zero-order valence-corrected chi connectivity index (χ0v) is 17.2. The predicted octanol–water partition coefficient (Wildman–Crippen LogP) is 4.96. The third-order valence-electron chi connectivity index (χ3n) is 3.36. The van der Waals surface area contributed by atoms with Gasteiger partial charge in [-0.15, -0.1) is 22.0 Å². The molecule has 8 heteroatoms. The van der Waals surface area contributed by atoms with Crippen LogP contribution in [0.2, 0.25) is 0 Å². The Morgan fingerprint density at radius 1 is 1.07 bits per heavy atom. The molecule has 140 valence electrons. The van der Waals surface area contributed by atoms with E-state index in [1.807, 2.05) is 49.4 Å². The summed E-state index contributed by atoms with van der Waals surface area (Å²) < 4.78 is 6.25. The van der Waals surface area contributed by atoms with E-state index in [0.29, 0.717) is 17.5 Å². The van der Waals surface area contributed by atoms with Crippen molar-refractivity contribution in [1.29, 1.82) is 0 Å². The van der Waals surface area contributed by atoms with Crippen molar-refractivity contribution < 1.29 is 9.53 Å². The van der Waals surface area contributed by atoms with Crippen LogP contribution in [0.3, 0.4) is 0 Å². The second-order valence-corrected chi connectivity index (χ2v) is 8.64. The van der Waals surface area contributed by atoms with E-state index in [1.165, 1.54) is 28.7 Å². The first-order valence-electron chi connectivity index (χ1n) is 8.38. The number of rotatable bonds is 9. The van der Waals surface area contributed by atoms with E-state index in [-0.39, 0.29) is 5.91 Å². The van der Waals surface area contributed by atoms with Gasteiger partial charge in [0.25, 0.3) is 0 Å². The smallest absolute Gasteiger partial charge is 0.236 e. The molecule has 5 nitrogen and oxygen atoms in total. The quantitative estimate of drug-likeness (QED) is 0.392. The molecule has 2 aromatic carbocycles. The van der Waals surface area contributed by atoms with Crippen LogP contribution in [0.25, 0.3) is 0 Å². The number of amides is 1. The molecule has 0 aliphatic heterocycles. The number of nitrogens with one attached hydrogen (secondary N) is 1. The maximum atomic E-state index is 12.1. The van der Waals surface area contributed by atoms with Crippen LogP contribution in [0, 0.1) is 0 Å². The lowest BCUT2D eigenvalue weighted by molar-refractivity contribution is -0.113. The lowest BCUT2D eigenvalue weighted by Crippen LogP contribution is -2.13. The fourth-order valence-corrected chi connectivity index (χ4v) is 4.56. The molecule has 0 unspecified atom stereocenters. The molecule has 1 heterocycles. The zero-order valence-electron chi connectivity index (χ0n) is 14.8. The molecule has 0 saturated carbocycles. The highest BCUT2D eigenvalue weighted by atomic mass is 32.2. The van der Waals surface area contributed by atoms with Crippen LogP contribution in [-0.2, 0) is 10.5 Å². The van der Waals surface area contributed by atoms with Crippen LogP contribution in [-0.4, -0.2) is 28.5 Å². The summed E-state index contributed by atoms with van der Waals surface area (Å²) in [5.74, 6) is 1.89. The Labute approximate surface area is 170 Å². The van der Waals surface area contributed by atoms with Gasteiger partial charge in [0.2, 0.25) is 11.0 Å². The first-order chi connectivity index (χ1) is 13.2. The third kappa shape index (κ3) is 6.57. The molecule has 1 N–H and O–H groups in total. The summed E-state index contributed by atoms with van der Waals surface area (Å²) in [5.41, 5.74) is 1.23. The van der Waals surface area contributed by atoms with Gasteiger partial charge in [0, 0.05) is 10.6 Å². The predicted molar refractivity (Wildman–Crippen MR) is 113 cm³/mol. The first-order valence-corrected chi connectivity index (χ1v) is 11.2. The molecular weight excluding hydrogens is 398 g/mol. The molecule has 1 amide bonds. The molecule has 3 rings (SSSR count). The molecule has 0 atom stereocenters. The van der Waals surface area contributed by atoms with E-state index >= 15 is 0 Å². The normalized spacial score (nSPS) is 10.6. The molecular formula is C19H19N3O2S3. The molecule has 0 aliphatic carbocycles. The Morgan fingerprint density at radius 2 is 1.85 bits per heavy atom. The number of hydrogen-bond acceptors (Lipinski definition) is 7. The van der Waals surface area contributed by atoms with Gasteiger partial charge in [-0.25, -0.2) is 0 Å². The van der Waals surface area contributed by atoms with E-state index in [0.717, 1.165) is 20.7 Å². The molecule has 0 bridgehead atoms. The van der Waals surface area contributed by atoms with Gasteiger partial charge >= 0.3 is 0 Å². The van der Waals surface area contributed by atoms with Gasteiger partial charge in [0.05, 0.1) is 12.4 Å². The standard InChI is InChI=1S/C19H19N3O2S3/c1-2-24-15-8-10-16(11-9-15)25-13-17(23)20-18-21-22-19(27-18)26-12-14-6-4-3-5-7-14/h3-11H,2,12-13H2,1H3,(H,20,21,23). The van der Waals surface area contributed by atoms with Gasteiger partial charge in [-0.2, -0.15) is 0 Å². The Bertz CT molecular complexity index is 854. The highest BCUT2D eigenvalue weighted by Crippen LogP contribution is 2.28. The van der Waals surface area contributed by atoms with Crippen molar-refractivity contribution in [2.45, 2.75) is 21.9 Å². The topological polar surface area (TPSA) is 64.1 Å². The highest BCUT2D eigenvalue weighted by molar-refractivity contribution is 8.00. The van der Waals surface area contributed by atoms with Crippen LogP contribution in [0.4, 0.5) is 5.13 Å². The minimum absolute atomic E-state index is 0.0929. The SMILES string of the molecule is CCOc1ccc(SCC(=O)Nc2nnc(SCc3ccccc3)s2)cc1. The summed E-state index contributed by atoms with van der Waals surface area (Å²) in [6.45, 7) is 2.59. The van der Waals surface area contributed by atoms with Gasteiger partial charge in [-0.1, -0.05) is 53.4 Å². The zero-order chi connectivity index (χ0) is 18.9. The number of benzene rings is 2. The van der Waals surface area contributed by atoms with Crippen molar-refractivity contribution in [2.24, 2.45) is 0 Å². The highest BCUT2D eigenvalue weighted by Gasteiger charge is 2.09. The second-order valence-electron chi connectivity index (χ2n) is 5.39. The van der Waals surface area contributed by atoms with Crippen molar-refractivity contribution in [3.8, 4) is 5.75 Å². The van der Waals surface area contributed by atoms with Crippen LogP contribution in [0.1, 0.15) is 12.5 Å². The lowest BCUT2D eigenvalue weighted by atomic mass is 10.2. The molecule has 0 radical (unpaired) electrons. The Balaban J connectivity index is 1.43. The monoisotopic (exact) mass is 417 g/mol. The minimum Gasteiger partial charge on any atom is -0.494 e. The molecule has 1 aromatic heterocycles. The first kappa shape index (κ1) is 19.7. The Hall–Kier alpha value is -2.03. The summed E-state index contributed by atoms with van der Waals surface area (Å²) >= 11 is 4.48. The van der Waals surface area contributed by atoms with Crippen LogP contribution in [0.15, 0.2) is 63.8 Å². The molecule has 3 aromatic rings.